The van der Waals surface area contributed by atoms with Crippen molar-refractivity contribution in [1.82, 2.24) is 15.2 Å². The summed E-state index contributed by atoms with van der Waals surface area (Å²) in [6, 6.07) is 0. The van der Waals surface area contributed by atoms with Crippen molar-refractivity contribution < 1.29 is 14.7 Å². The molecule has 1 atom stereocenters. The van der Waals surface area contributed by atoms with E-state index < -0.39 is 11.9 Å². The van der Waals surface area contributed by atoms with Crippen LogP contribution in [0.3, 0.4) is 0 Å². The molecule has 1 aliphatic carbocycles. The smallest absolute Gasteiger partial charge is 0.308 e. The predicted octanol–water partition coefficient (Wildman–Crippen LogP) is 0.268. The van der Waals surface area contributed by atoms with Gasteiger partial charge in [0, 0.05) is 12.5 Å². The Morgan fingerprint density at radius 3 is 2.82 bits per heavy atom. The summed E-state index contributed by atoms with van der Waals surface area (Å²) in [6.07, 6.45) is 3.03. The third-order valence-electron chi connectivity index (χ3n) is 2.73. The standard InChI is InChI=1S/C10H14N4O3/c1-6(9(16)17)4-14(8(15)7-2-3-7)10-11-5-12-13-10/h5-7H,2-4H2,1H3,(H,16,17)(H,11,12,13). The Bertz CT molecular complexity index is 413. The fourth-order valence-electron chi connectivity index (χ4n) is 1.51. The average molecular weight is 238 g/mol. The van der Waals surface area contributed by atoms with E-state index in [4.69, 9.17) is 5.11 Å². The molecule has 1 aromatic rings. The summed E-state index contributed by atoms with van der Waals surface area (Å²) < 4.78 is 0. The second kappa shape index (κ2) is 4.52. The van der Waals surface area contributed by atoms with E-state index in [0.29, 0.717) is 5.95 Å². The topological polar surface area (TPSA) is 99.2 Å². The third kappa shape index (κ3) is 2.61. The van der Waals surface area contributed by atoms with Gasteiger partial charge in [-0.25, -0.2) is 5.10 Å². The zero-order valence-electron chi connectivity index (χ0n) is 9.46. The van der Waals surface area contributed by atoms with E-state index in [0.717, 1.165) is 12.8 Å². The molecule has 1 saturated carbocycles. The molecule has 0 spiro atoms. The molecule has 92 valence electrons. The highest BCUT2D eigenvalue weighted by Crippen LogP contribution is 2.32. The lowest BCUT2D eigenvalue weighted by atomic mass is 10.1. The van der Waals surface area contributed by atoms with Crippen LogP contribution >= 0.6 is 0 Å². The SMILES string of the molecule is CC(CN(C(=O)C1CC1)c1ncn[nH]1)C(=O)O. The van der Waals surface area contributed by atoms with Crippen LogP contribution in [0.5, 0.6) is 0 Å². The Morgan fingerprint density at radius 2 is 2.35 bits per heavy atom. The van der Waals surface area contributed by atoms with Crippen LogP contribution in [0.1, 0.15) is 19.8 Å². The number of rotatable bonds is 5. The van der Waals surface area contributed by atoms with Crippen LogP contribution < -0.4 is 4.90 Å². The zero-order chi connectivity index (χ0) is 12.4. The van der Waals surface area contributed by atoms with Gasteiger partial charge in [-0.05, 0) is 12.8 Å². The molecule has 0 aromatic carbocycles. The molecule has 7 nitrogen and oxygen atoms in total. The van der Waals surface area contributed by atoms with E-state index in [9.17, 15) is 9.59 Å². The quantitative estimate of drug-likeness (QED) is 0.767. The van der Waals surface area contributed by atoms with E-state index in [2.05, 4.69) is 15.2 Å². The fraction of sp³-hybridized carbons (Fsp3) is 0.600. The number of aromatic nitrogens is 3. The minimum Gasteiger partial charge on any atom is -0.481 e. The number of nitrogens with one attached hydrogen (secondary N) is 1. The molecule has 0 aliphatic heterocycles. The van der Waals surface area contributed by atoms with Crippen LogP contribution in [0.2, 0.25) is 0 Å². The molecule has 0 bridgehead atoms. The molecule has 0 radical (unpaired) electrons. The Labute approximate surface area is 97.8 Å². The normalized spacial score (nSPS) is 16.5. The van der Waals surface area contributed by atoms with Crippen molar-refractivity contribution in [2.45, 2.75) is 19.8 Å². The Hall–Kier alpha value is -1.92. The van der Waals surface area contributed by atoms with Gasteiger partial charge in [-0.1, -0.05) is 6.92 Å². The maximum Gasteiger partial charge on any atom is 0.308 e. The first kappa shape index (κ1) is 11.6. The maximum atomic E-state index is 12.0. The van der Waals surface area contributed by atoms with Gasteiger partial charge >= 0.3 is 5.97 Å². The van der Waals surface area contributed by atoms with Crippen molar-refractivity contribution in [2.75, 3.05) is 11.4 Å². The van der Waals surface area contributed by atoms with Gasteiger partial charge < -0.3 is 5.11 Å². The number of amides is 1. The Kier molecular flexibility index (Phi) is 3.08. The molecule has 1 unspecified atom stereocenters. The lowest BCUT2D eigenvalue weighted by Crippen LogP contribution is -2.38. The molecule has 1 amide bonds. The number of carbonyl (C=O) groups excluding carboxylic acids is 1. The first-order valence-corrected chi connectivity index (χ1v) is 5.49. The molecule has 2 N–H and O–H groups in total. The second-order valence-electron chi connectivity index (χ2n) is 4.27. The van der Waals surface area contributed by atoms with Crippen LogP contribution in [0.15, 0.2) is 6.33 Å². The number of carboxylic acids is 1. The van der Waals surface area contributed by atoms with E-state index in [1.54, 1.807) is 6.92 Å². The monoisotopic (exact) mass is 238 g/mol. The number of hydrogen-bond donors (Lipinski definition) is 2. The van der Waals surface area contributed by atoms with Crippen LogP contribution in [0.25, 0.3) is 0 Å². The molecule has 0 saturated heterocycles. The summed E-state index contributed by atoms with van der Waals surface area (Å²) >= 11 is 0. The fourth-order valence-corrected chi connectivity index (χ4v) is 1.51. The van der Waals surface area contributed by atoms with Crippen molar-refractivity contribution in [3.63, 3.8) is 0 Å². The van der Waals surface area contributed by atoms with E-state index >= 15 is 0 Å². The first-order chi connectivity index (χ1) is 8.09. The number of H-pyrrole nitrogens is 1. The largest absolute Gasteiger partial charge is 0.481 e. The number of aliphatic carboxylic acids is 1. The summed E-state index contributed by atoms with van der Waals surface area (Å²) in [5.74, 6) is -1.31. The summed E-state index contributed by atoms with van der Waals surface area (Å²) in [4.78, 5) is 28.1. The van der Waals surface area contributed by atoms with Gasteiger partial charge in [-0.15, -0.1) is 0 Å². The van der Waals surface area contributed by atoms with Gasteiger partial charge in [0.25, 0.3) is 0 Å². The summed E-state index contributed by atoms with van der Waals surface area (Å²) in [5.41, 5.74) is 0. The van der Waals surface area contributed by atoms with E-state index in [1.807, 2.05) is 0 Å². The number of aromatic amines is 1. The number of anilines is 1. The maximum absolute atomic E-state index is 12.0. The lowest BCUT2D eigenvalue weighted by Gasteiger charge is -2.21. The van der Waals surface area contributed by atoms with Crippen LogP contribution in [0, 0.1) is 11.8 Å². The Balaban J connectivity index is 2.12. The first-order valence-electron chi connectivity index (χ1n) is 5.49. The average Bonchev–Trinajstić information content (AvgIpc) is 3.01. The minimum absolute atomic E-state index is 0.0149. The van der Waals surface area contributed by atoms with Crippen LogP contribution in [-0.2, 0) is 9.59 Å². The molecule has 1 aromatic heterocycles. The molecule has 1 heterocycles. The minimum atomic E-state index is -0.932. The van der Waals surface area contributed by atoms with E-state index in [1.165, 1.54) is 11.2 Å². The third-order valence-corrected chi connectivity index (χ3v) is 2.73. The van der Waals surface area contributed by atoms with Gasteiger partial charge in [0.2, 0.25) is 11.9 Å². The molecule has 7 heteroatoms. The number of nitrogens with zero attached hydrogens (tertiary/aromatic N) is 3. The second-order valence-corrected chi connectivity index (χ2v) is 4.27. The molecular weight excluding hydrogens is 224 g/mol. The summed E-state index contributed by atoms with van der Waals surface area (Å²) in [7, 11) is 0. The molecule has 2 rings (SSSR count). The van der Waals surface area contributed by atoms with Crippen LogP contribution in [0.4, 0.5) is 5.95 Å². The predicted molar refractivity (Wildman–Crippen MR) is 58.3 cm³/mol. The van der Waals surface area contributed by atoms with Gasteiger partial charge in [-0.2, -0.15) is 10.1 Å². The highest BCUT2D eigenvalue weighted by Gasteiger charge is 2.36. The highest BCUT2D eigenvalue weighted by molar-refractivity contribution is 5.95. The van der Waals surface area contributed by atoms with Gasteiger partial charge in [0.05, 0.1) is 5.92 Å². The summed E-state index contributed by atoms with van der Waals surface area (Å²) in [5, 5.41) is 15.2. The highest BCUT2D eigenvalue weighted by atomic mass is 16.4. The summed E-state index contributed by atoms with van der Waals surface area (Å²) in [6.45, 7) is 1.67. The van der Waals surface area contributed by atoms with Crippen LogP contribution in [-0.4, -0.2) is 38.7 Å². The zero-order valence-corrected chi connectivity index (χ0v) is 9.46. The van der Waals surface area contributed by atoms with Gasteiger partial charge in [0.15, 0.2) is 0 Å². The molecule has 1 aliphatic rings. The number of carboxylic acid groups (broad SMARTS) is 1. The van der Waals surface area contributed by atoms with Crippen molar-refractivity contribution in [1.29, 1.82) is 0 Å². The molecular formula is C10H14N4O3. The molecule has 17 heavy (non-hydrogen) atoms. The van der Waals surface area contributed by atoms with Crippen molar-refractivity contribution >= 4 is 17.8 Å². The van der Waals surface area contributed by atoms with Gasteiger partial charge in [-0.3, -0.25) is 14.5 Å². The van der Waals surface area contributed by atoms with Crippen molar-refractivity contribution in [2.24, 2.45) is 11.8 Å². The number of hydrogen-bond acceptors (Lipinski definition) is 4. The number of carbonyl (C=O) groups is 2. The molecule has 1 fully saturated rings. The van der Waals surface area contributed by atoms with Crippen molar-refractivity contribution in [3.8, 4) is 0 Å². The van der Waals surface area contributed by atoms with Crippen molar-refractivity contribution in [3.05, 3.63) is 6.33 Å². The van der Waals surface area contributed by atoms with E-state index in [-0.39, 0.29) is 18.4 Å². The Morgan fingerprint density at radius 1 is 1.65 bits per heavy atom. The lowest BCUT2D eigenvalue weighted by molar-refractivity contribution is -0.140. The van der Waals surface area contributed by atoms with Gasteiger partial charge in [0.1, 0.15) is 6.33 Å².